The quantitative estimate of drug-likeness (QED) is 0.671. The predicted molar refractivity (Wildman–Crippen MR) is 81.1 cm³/mol. The van der Waals surface area contributed by atoms with Crippen molar-refractivity contribution >= 4 is 12.3 Å². The monoisotopic (exact) mass is 282 g/mol. The molecule has 0 saturated heterocycles. The Bertz CT molecular complexity index is 339. The number of hydrogen-bond acceptors (Lipinski definition) is 2. The second-order valence-corrected chi connectivity index (χ2v) is 7.16. The second-order valence-electron chi connectivity index (χ2n) is 7.16. The van der Waals surface area contributed by atoms with Gasteiger partial charge in [-0.05, 0) is 50.9 Å². The van der Waals surface area contributed by atoms with Crippen molar-refractivity contribution in [1.29, 1.82) is 0 Å². The average molecular weight is 282 g/mol. The fourth-order valence-corrected chi connectivity index (χ4v) is 3.06. The Morgan fingerprint density at radius 2 is 2.00 bits per heavy atom. The van der Waals surface area contributed by atoms with Gasteiger partial charge >= 0.3 is 0 Å². The molecule has 1 rings (SSSR count). The Morgan fingerprint density at radius 3 is 2.50 bits per heavy atom. The number of amides is 2. The Hall–Kier alpha value is -1.06. The minimum atomic E-state index is -0.155. The normalized spacial score (nSPS) is 26.0. The van der Waals surface area contributed by atoms with Crippen LogP contribution >= 0.6 is 0 Å². The highest BCUT2D eigenvalue weighted by Gasteiger charge is 2.45. The van der Waals surface area contributed by atoms with E-state index in [2.05, 4.69) is 45.3 Å². The van der Waals surface area contributed by atoms with Gasteiger partial charge in [-0.3, -0.25) is 9.59 Å². The van der Waals surface area contributed by atoms with E-state index in [-0.39, 0.29) is 23.3 Å². The maximum absolute atomic E-state index is 12.5. The maximum Gasteiger partial charge on any atom is 0.224 e. The van der Waals surface area contributed by atoms with Crippen LogP contribution in [0.15, 0.2) is 0 Å². The molecule has 20 heavy (non-hydrogen) atoms. The zero-order valence-electron chi connectivity index (χ0n) is 13.5. The Labute approximate surface area is 123 Å². The van der Waals surface area contributed by atoms with Gasteiger partial charge in [0.05, 0.1) is 0 Å². The maximum atomic E-state index is 12.5. The summed E-state index contributed by atoms with van der Waals surface area (Å²) in [6.45, 7) is 11.2. The van der Waals surface area contributed by atoms with E-state index in [1.54, 1.807) is 0 Å². The molecule has 0 aromatic heterocycles. The largest absolute Gasteiger partial charge is 0.358 e. The van der Waals surface area contributed by atoms with Crippen molar-refractivity contribution in [2.75, 3.05) is 6.54 Å². The highest BCUT2D eigenvalue weighted by molar-refractivity contribution is 5.81. The molecule has 1 fully saturated rings. The number of nitrogens with one attached hydrogen (secondary N) is 2. The lowest BCUT2D eigenvalue weighted by Gasteiger charge is -2.45. The molecule has 0 aromatic rings. The number of rotatable bonds is 8. The third kappa shape index (κ3) is 4.50. The molecule has 0 radical (unpaired) electrons. The van der Waals surface area contributed by atoms with E-state index in [4.69, 9.17) is 0 Å². The topological polar surface area (TPSA) is 58.2 Å². The van der Waals surface area contributed by atoms with Gasteiger partial charge in [-0.1, -0.05) is 20.8 Å². The number of carbonyl (C=O) groups is 2. The first-order chi connectivity index (χ1) is 9.30. The highest BCUT2D eigenvalue weighted by atomic mass is 16.2. The molecule has 0 aromatic carbocycles. The molecule has 1 saturated carbocycles. The molecule has 2 amide bonds. The van der Waals surface area contributed by atoms with E-state index < -0.39 is 0 Å². The van der Waals surface area contributed by atoms with Gasteiger partial charge < -0.3 is 10.6 Å². The third-order valence-electron chi connectivity index (χ3n) is 4.51. The smallest absolute Gasteiger partial charge is 0.224 e. The molecule has 0 spiro atoms. The van der Waals surface area contributed by atoms with Crippen LogP contribution in [-0.2, 0) is 9.59 Å². The fraction of sp³-hybridized carbons (Fsp3) is 0.875. The van der Waals surface area contributed by atoms with Crippen LogP contribution in [-0.4, -0.2) is 24.4 Å². The summed E-state index contributed by atoms with van der Waals surface area (Å²) in [6, 6.07) is 0. The summed E-state index contributed by atoms with van der Waals surface area (Å²) < 4.78 is 0. The third-order valence-corrected chi connectivity index (χ3v) is 4.51. The van der Waals surface area contributed by atoms with Gasteiger partial charge in [0.1, 0.15) is 0 Å². The van der Waals surface area contributed by atoms with Gasteiger partial charge in [0.15, 0.2) is 0 Å². The van der Waals surface area contributed by atoms with Gasteiger partial charge in [0.2, 0.25) is 12.3 Å². The Morgan fingerprint density at radius 1 is 1.35 bits per heavy atom. The fourth-order valence-electron chi connectivity index (χ4n) is 3.06. The van der Waals surface area contributed by atoms with E-state index in [9.17, 15) is 9.59 Å². The molecule has 116 valence electrons. The standard InChI is InChI=1S/C16H30N2O2/c1-6-16(4,5)18-15(20)14-12(7-11(2)3)8-13(14)9-17-10-19/h10-14H,6-9H2,1-5H3,(H,17,19)(H,18,20). The van der Waals surface area contributed by atoms with Crippen molar-refractivity contribution in [3.8, 4) is 0 Å². The van der Waals surface area contributed by atoms with Gasteiger partial charge in [-0.25, -0.2) is 0 Å². The average Bonchev–Trinajstić information content (AvgIpc) is 2.31. The molecule has 0 heterocycles. The van der Waals surface area contributed by atoms with Crippen LogP contribution in [0.2, 0.25) is 0 Å². The molecular formula is C16H30N2O2. The SMILES string of the molecule is CCC(C)(C)NC(=O)C1C(CNC=O)CC1CC(C)C. The van der Waals surface area contributed by atoms with Gasteiger partial charge in [-0.2, -0.15) is 0 Å². The lowest BCUT2D eigenvalue weighted by atomic mass is 9.61. The minimum Gasteiger partial charge on any atom is -0.358 e. The summed E-state index contributed by atoms with van der Waals surface area (Å²) >= 11 is 0. The van der Waals surface area contributed by atoms with E-state index in [1.165, 1.54) is 0 Å². The molecule has 4 nitrogen and oxygen atoms in total. The molecule has 4 heteroatoms. The molecule has 2 N–H and O–H groups in total. The molecule has 3 atom stereocenters. The minimum absolute atomic E-state index is 0.0516. The van der Waals surface area contributed by atoms with E-state index in [0.29, 0.717) is 18.4 Å². The summed E-state index contributed by atoms with van der Waals surface area (Å²) in [6.07, 6.45) is 3.77. The van der Waals surface area contributed by atoms with Crippen molar-refractivity contribution in [2.24, 2.45) is 23.7 Å². The summed E-state index contributed by atoms with van der Waals surface area (Å²) in [7, 11) is 0. The summed E-state index contributed by atoms with van der Waals surface area (Å²) in [4.78, 5) is 23.0. The van der Waals surface area contributed by atoms with Crippen molar-refractivity contribution in [3.05, 3.63) is 0 Å². The summed E-state index contributed by atoms with van der Waals surface area (Å²) in [5, 5.41) is 5.89. The molecule has 1 aliphatic rings. The molecule has 3 unspecified atom stereocenters. The van der Waals surface area contributed by atoms with Crippen molar-refractivity contribution < 1.29 is 9.59 Å². The number of hydrogen-bond donors (Lipinski definition) is 2. The molecule has 0 aliphatic heterocycles. The van der Waals surface area contributed by atoms with Gasteiger partial charge in [-0.15, -0.1) is 0 Å². The van der Waals surface area contributed by atoms with E-state index >= 15 is 0 Å². The van der Waals surface area contributed by atoms with Crippen LogP contribution in [0, 0.1) is 23.7 Å². The lowest BCUT2D eigenvalue weighted by Crippen LogP contribution is -2.55. The molecule has 1 aliphatic carbocycles. The van der Waals surface area contributed by atoms with Crippen LogP contribution in [0.4, 0.5) is 0 Å². The molecular weight excluding hydrogens is 252 g/mol. The lowest BCUT2D eigenvalue weighted by molar-refractivity contribution is -0.137. The van der Waals surface area contributed by atoms with Crippen LogP contribution in [0.1, 0.15) is 53.9 Å². The predicted octanol–water partition coefficient (Wildman–Crippen LogP) is 2.34. The van der Waals surface area contributed by atoms with E-state index in [1.807, 2.05) is 0 Å². The Kier molecular flexibility index (Phi) is 6.03. The molecule has 0 bridgehead atoms. The summed E-state index contributed by atoms with van der Waals surface area (Å²) in [5.41, 5.74) is -0.155. The van der Waals surface area contributed by atoms with Crippen molar-refractivity contribution in [2.45, 2.75) is 59.4 Å². The first-order valence-corrected chi connectivity index (χ1v) is 7.79. The van der Waals surface area contributed by atoms with Gasteiger partial charge in [0.25, 0.3) is 0 Å². The first kappa shape index (κ1) is 17.0. The highest BCUT2D eigenvalue weighted by Crippen LogP contribution is 2.44. The van der Waals surface area contributed by atoms with Crippen molar-refractivity contribution in [1.82, 2.24) is 10.6 Å². The van der Waals surface area contributed by atoms with Crippen molar-refractivity contribution in [3.63, 3.8) is 0 Å². The van der Waals surface area contributed by atoms with Crippen LogP contribution in [0.3, 0.4) is 0 Å². The van der Waals surface area contributed by atoms with E-state index in [0.717, 1.165) is 25.7 Å². The Balaban J connectivity index is 2.66. The van der Waals surface area contributed by atoms with Crippen LogP contribution in [0.5, 0.6) is 0 Å². The first-order valence-electron chi connectivity index (χ1n) is 7.79. The second kappa shape index (κ2) is 7.09. The van der Waals surface area contributed by atoms with Crippen LogP contribution in [0.25, 0.3) is 0 Å². The van der Waals surface area contributed by atoms with Crippen LogP contribution < -0.4 is 10.6 Å². The number of carbonyl (C=O) groups excluding carboxylic acids is 2. The zero-order valence-corrected chi connectivity index (χ0v) is 13.5. The summed E-state index contributed by atoms with van der Waals surface area (Å²) in [5.74, 6) is 1.56. The van der Waals surface area contributed by atoms with Gasteiger partial charge in [0, 0.05) is 18.0 Å². The zero-order chi connectivity index (χ0) is 15.3.